The normalized spacial score (nSPS) is 12.2. The highest BCUT2D eigenvalue weighted by atomic mass is 19.1. The number of rotatable bonds is 6. The van der Waals surface area contributed by atoms with Crippen LogP contribution in [0.2, 0.25) is 0 Å². The van der Waals surface area contributed by atoms with Crippen LogP contribution in [0.25, 0.3) is 0 Å². The van der Waals surface area contributed by atoms with Crippen molar-refractivity contribution in [2.45, 2.75) is 25.9 Å². The summed E-state index contributed by atoms with van der Waals surface area (Å²) >= 11 is 0. The van der Waals surface area contributed by atoms with Crippen LogP contribution >= 0.6 is 0 Å². The Morgan fingerprint density at radius 1 is 1.56 bits per heavy atom. The first-order chi connectivity index (χ1) is 7.65. The van der Waals surface area contributed by atoms with Gasteiger partial charge in [-0.25, -0.2) is 4.39 Å². The van der Waals surface area contributed by atoms with Crippen molar-refractivity contribution in [2.75, 3.05) is 6.61 Å². The molecule has 0 aliphatic heterocycles. The summed E-state index contributed by atoms with van der Waals surface area (Å²) in [6, 6.07) is 4.16. The molecule has 2 nitrogen and oxygen atoms in total. The van der Waals surface area contributed by atoms with E-state index in [9.17, 15) is 9.50 Å². The first-order valence-corrected chi connectivity index (χ1v) is 5.36. The lowest BCUT2D eigenvalue weighted by Crippen LogP contribution is -2.02. The molecule has 0 radical (unpaired) electrons. The molecular weight excluding hydrogens is 207 g/mol. The quantitative estimate of drug-likeness (QED) is 0.594. The number of ether oxygens (including phenoxy) is 1. The highest BCUT2D eigenvalue weighted by Crippen LogP contribution is 2.26. The lowest BCUT2D eigenvalue weighted by molar-refractivity contribution is 0.190. The molecule has 1 aromatic carbocycles. The third-order valence-electron chi connectivity index (χ3n) is 2.24. The number of hydrogen-bond donors (Lipinski definition) is 1. The Bertz CT molecular complexity index is 348. The molecule has 1 aromatic rings. The second-order valence-electron chi connectivity index (χ2n) is 3.64. The minimum atomic E-state index is -0.657. The van der Waals surface area contributed by atoms with Crippen LogP contribution < -0.4 is 4.74 Å². The number of aliphatic hydroxyl groups is 1. The highest BCUT2D eigenvalue weighted by molar-refractivity contribution is 5.35. The Morgan fingerprint density at radius 2 is 2.31 bits per heavy atom. The average Bonchev–Trinajstić information content (AvgIpc) is 2.24. The smallest absolute Gasteiger partial charge is 0.127 e. The van der Waals surface area contributed by atoms with Gasteiger partial charge in [0.05, 0.1) is 12.7 Å². The van der Waals surface area contributed by atoms with Gasteiger partial charge in [-0.05, 0) is 31.9 Å². The summed E-state index contributed by atoms with van der Waals surface area (Å²) in [6.07, 6.45) is 2.85. The summed E-state index contributed by atoms with van der Waals surface area (Å²) in [5, 5.41) is 9.48. The second-order valence-corrected chi connectivity index (χ2v) is 3.64. The molecule has 16 heavy (non-hydrogen) atoms. The third kappa shape index (κ3) is 3.66. The largest absolute Gasteiger partial charge is 0.493 e. The number of allylic oxidation sites excluding steroid dienone is 1. The van der Waals surface area contributed by atoms with Crippen molar-refractivity contribution in [3.8, 4) is 5.75 Å². The van der Waals surface area contributed by atoms with Gasteiger partial charge >= 0.3 is 0 Å². The van der Waals surface area contributed by atoms with E-state index in [2.05, 4.69) is 6.58 Å². The fourth-order valence-corrected chi connectivity index (χ4v) is 1.39. The van der Waals surface area contributed by atoms with Crippen molar-refractivity contribution in [3.63, 3.8) is 0 Å². The van der Waals surface area contributed by atoms with Crippen molar-refractivity contribution >= 4 is 0 Å². The number of unbranched alkanes of at least 4 members (excludes halogenated alkanes) is 1. The van der Waals surface area contributed by atoms with Crippen molar-refractivity contribution in [2.24, 2.45) is 0 Å². The van der Waals surface area contributed by atoms with E-state index in [1.165, 1.54) is 12.1 Å². The molecule has 0 aliphatic carbocycles. The minimum absolute atomic E-state index is 0.358. The summed E-state index contributed by atoms with van der Waals surface area (Å²) in [6.45, 7) is 5.73. The van der Waals surface area contributed by atoms with Gasteiger partial charge in [-0.1, -0.05) is 6.08 Å². The van der Waals surface area contributed by atoms with Gasteiger partial charge in [0.25, 0.3) is 0 Å². The van der Waals surface area contributed by atoms with E-state index in [-0.39, 0.29) is 5.82 Å². The molecule has 0 saturated carbocycles. The lowest BCUT2D eigenvalue weighted by Gasteiger charge is -2.13. The topological polar surface area (TPSA) is 29.5 Å². The standard InChI is InChI=1S/C13H17FO2/c1-3-4-5-8-16-13-9-11(14)6-7-12(13)10(2)15/h3,6-7,9-10,15H,1,4-5,8H2,2H3/t10-/m1/s1. The predicted octanol–water partition coefficient (Wildman–Crippen LogP) is 3.22. The van der Waals surface area contributed by atoms with Gasteiger partial charge in [-0.15, -0.1) is 6.58 Å². The van der Waals surface area contributed by atoms with E-state index in [0.29, 0.717) is 17.9 Å². The predicted molar refractivity (Wildman–Crippen MR) is 62.0 cm³/mol. The summed E-state index contributed by atoms with van der Waals surface area (Å²) in [5.74, 6) is 0.0576. The molecule has 0 bridgehead atoms. The zero-order valence-corrected chi connectivity index (χ0v) is 9.45. The number of halogens is 1. The maximum absolute atomic E-state index is 13.0. The van der Waals surface area contributed by atoms with Crippen LogP contribution in [0.4, 0.5) is 4.39 Å². The van der Waals surface area contributed by atoms with Crippen LogP contribution in [0, 0.1) is 5.82 Å². The second kappa shape index (κ2) is 6.28. The first kappa shape index (κ1) is 12.7. The fraction of sp³-hybridized carbons (Fsp3) is 0.385. The zero-order valence-electron chi connectivity index (χ0n) is 9.45. The maximum Gasteiger partial charge on any atom is 0.127 e. The summed E-state index contributed by atoms with van der Waals surface area (Å²) < 4.78 is 18.4. The van der Waals surface area contributed by atoms with Crippen LogP contribution in [-0.4, -0.2) is 11.7 Å². The third-order valence-corrected chi connectivity index (χ3v) is 2.24. The molecule has 0 heterocycles. The molecule has 0 saturated heterocycles. The Balaban J connectivity index is 2.68. The Hall–Kier alpha value is -1.35. The van der Waals surface area contributed by atoms with Crippen molar-refractivity contribution in [3.05, 3.63) is 42.2 Å². The van der Waals surface area contributed by atoms with Gasteiger partial charge in [0.15, 0.2) is 0 Å². The molecule has 88 valence electrons. The monoisotopic (exact) mass is 224 g/mol. The van der Waals surface area contributed by atoms with E-state index >= 15 is 0 Å². The Labute approximate surface area is 95.4 Å². The average molecular weight is 224 g/mol. The van der Waals surface area contributed by atoms with Crippen LogP contribution in [-0.2, 0) is 0 Å². The summed E-state index contributed by atoms with van der Waals surface area (Å²) in [7, 11) is 0. The van der Waals surface area contributed by atoms with E-state index in [0.717, 1.165) is 12.8 Å². The van der Waals surface area contributed by atoms with Gasteiger partial charge < -0.3 is 9.84 Å². The zero-order chi connectivity index (χ0) is 12.0. The molecule has 0 aliphatic rings. The van der Waals surface area contributed by atoms with Crippen LogP contribution in [0.15, 0.2) is 30.9 Å². The Morgan fingerprint density at radius 3 is 2.94 bits per heavy atom. The van der Waals surface area contributed by atoms with Gasteiger partial charge in [-0.2, -0.15) is 0 Å². The summed E-state index contributed by atoms with van der Waals surface area (Å²) in [5.41, 5.74) is 0.611. The van der Waals surface area contributed by atoms with Gasteiger partial charge in [0.2, 0.25) is 0 Å². The molecular formula is C13H17FO2. The number of hydrogen-bond acceptors (Lipinski definition) is 2. The van der Waals surface area contributed by atoms with Crippen molar-refractivity contribution in [1.82, 2.24) is 0 Å². The molecule has 0 fully saturated rings. The molecule has 1 atom stereocenters. The molecule has 1 N–H and O–H groups in total. The van der Waals surface area contributed by atoms with Crippen LogP contribution in [0.1, 0.15) is 31.4 Å². The molecule has 0 amide bonds. The Kier molecular flexibility index (Phi) is 4.99. The highest BCUT2D eigenvalue weighted by Gasteiger charge is 2.09. The molecule has 3 heteroatoms. The number of aliphatic hydroxyl groups excluding tert-OH is 1. The SMILES string of the molecule is C=CCCCOc1cc(F)ccc1[C@@H](C)O. The van der Waals surface area contributed by atoms with Gasteiger partial charge in [-0.3, -0.25) is 0 Å². The van der Waals surface area contributed by atoms with Gasteiger partial charge in [0, 0.05) is 11.6 Å². The molecule has 1 rings (SSSR count). The van der Waals surface area contributed by atoms with Crippen molar-refractivity contribution < 1.29 is 14.2 Å². The fourth-order valence-electron chi connectivity index (χ4n) is 1.39. The van der Waals surface area contributed by atoms with E-state index < -0.39 is 6.10 Å². The minimum Gasteiger partial charge on any atom is -0.493 e. The molecule has 0 unspecified atom stereocenters. The van der Waals surface area contributed by atoms with E-state index in [4.69, 9.17) is 4.74 Å². The summed E-state index contributed by atoms with van der Waals surface area (Å²) in [4.78, 5) is 0. The maximum atomic E-state index is 13.0. The van der Waals surface area contributed by atoms with Crippen LogP contribution in [0.3, 0.4) is 0 Å². The van der Waals surface area contributed by atoms with E-state index in [1.807, 2.05) is 6.08 Å². The van der Waals surface area contributed by atoms with E-state index in [1.54, 1.807) is 13.0 Å². The number of benzene rings is 1. The molecule has 0 spiro atoms. The first-order valence-electron chi connectivity index (χ1n) is 5.36. The van der Waals surface area contributed by atoms with Crippen molar-refractivity contribution in [1.29, 1.82) is 0 Å². The lowest BCUT2D eigenvalue weighted by atomic mass is 10.1. The van der Waals surface area contributed by atoms with Gasteiger partial charge in [0.1, 0.15) is 11.6 Å². The van der Waals surface area contributed by atoms with Crippen LogP contribution in [0.5, 0.6) is 5.75 Å². The molecule has 0 aromatic heterocycles.